The third kappa shape index (κ3) is 4.78. The van der Waals surface area contributed by atoms with Crippen molar-refractivity contribution < 1.29 is 4.79 Å². The summed E-state index contributed by atoms with van der Waals surface area (Å²) in [6, 6.07) is 17.0. The molecule has 1 aliphatic rings. The Morgan fingerprint density at radius 2 is 1.81 bits per heavy atom. The predicted molar refractivity (Wildman–Crippen MR) is 112 cm³/mol. The van der Waals surface area contributed by atoms with Crippen LogP contribution in [-0.4, -0.2) is 41.4 Å². The number of unbranched alkanes of at least 4 members (excludes halogenated alkanes) is 1. The van der Waals surface area contributed by atoms with Crippen LogP contribution in [-0.2, 0) is 6.54 Å². The number of rotatable bonds is 6. The quantitative estimate of drug-likeness (QED) is 0.734. The van der Waals surface area contributed by atoms with Gasteiger partial charge in [-0.3, -0.25) is 9.69 Å². The molecule has 0 spiro atoms. The Balaban J connectivity index is 1.74. The van der Waals surface area contributed by atoms with E-state index in [0.717, 1.165) is 43.7 Å². The van der Waals surface area contributed by atoms with Gasteiger partial charge in [0.1, 0.15) is 0 Å². The van der Waals surface area contributed by atoms with E-state index in [2.05, 4.69) is 67.0 Å². The number of piperazine rings is 1. The number of benzene rings is 2. The summed E-state index contributed by atoms with van der Waals surface area (Å²) in [6.07, 6.45) is 3.42. The van der Waals surface area contributed by atoms with Gasteiger partial charge in [0, 0.05) is 37.8 Å². The lowest BCUT2D eigenvalue weighted by Crippen LogP contribution is -2.55. The summed E-state index contributed by atoms with van der Waals surface area (Å²) in [7, 11) is 0. The van der Waals surface area contributed by atoms with E-state index in [1.165, 1.54) is 24.0 Å². The second-order valence-corrected chi connectivity index (χ2v) is 7.76. The Morgan fingerprint density at radius 3 is 2.56 bits per heavy atom. The van der Waals surface area contributed by atoms with Crippen LogP contribution in [0.15, 0.2) is 48.5 Å². The van der Waals surface area contributed by atoms with E-state index in [-0.39, 0.29) is 5.91 Å². The molecule has 1 fully saturated rings. The first-order chi connectivity index (χ1) is 13.1. The van der Waals surface area contributed by atoms with E-state index in [0.29, 0.717) is 6.04 Å². The Bertz CT molecular complexity index is 756. The predicted octanol–water partition coefficient (Wildman–Crippen LogP) is 4.82. The molecule has 0 bridgehead atoms. The number of hydrogen-bond donors (Lipinski definition) is 0. The normalized spacial score (nSPS) is 17.9. The number of amides is 1. The minimum atomic E-state index is 0.205. The van der Waals surface area contributed by atoms with Crippen LogP contribution in [0, 0.1) is 13.8 Å². The standard InChI is InChI=1S/C24H32N2O/c1-4-5-13-22-18-25(17-21-11-7-6-8-12-21)15-16-26(22)24(27)23-14-9-10-19(2)20(23)3/h6-12,14,22H,4-5,13,15-18H2,1-3H3/t22-/m0/s1. The Morgan fingerprint density at radius 1 is 1.04 bits per heavy atom. The van der Waals surface area contributed by atoms with Crippen molar-refractivity contribution in [2.45, 2.75) is 52.6 Å². The van der Waals surface area contributed by atoms with Gasteiger partial charge in [-0.15, -0.1) is 0 Å². The minimum absolute atomic E-state index is 0.205. The van der Waals surface area contributed by atoms with Crippen LogP contribution in [0.1, 0.15) is 53.2 Å². The van der Waals surface area contributed by atoms with Crippen molar-refractivity contribution in [3.8, 4) is 0 Å². The van der Waals surface area contributed by atoms with Crippen LogP contribution in [0.4, 0.5) is 0 Å². The molecule has 27 heavy (non-hydrogen) atoms. The maximum atomic E-state index is 13.3. The monoisotopic (exact) mass is 364 g/mol. The summed E-state index contributed by atoms with van der Waals surface area (Å²) >= 11 is 0. The number of hydrogen-bond acceptors (Lipinski definition) is 2. The maximum absolute atomic E-state index is 13.3. The highest BCUT2D eigenvalue weighted by Gasteiger charge is 2.31. The summed E-state index contributed by atoms with van der Waals surface area (Å²) < 4.78 is 0. The fourth-order valence-electron chi connectivity index (χ4n) is 4.00. The molecule has 1 aliphatic heterocycles. The minimum Gasteiger partial charge on any atom is -0.333 e. The highest BCUT2D eigenvalue weighted by atomic mass is 16.2. The fraction of sp³-hybridized carbons (Fsp3) is 0.458. The summed E-state index contributed by atoms with van der Waals surface area (Å²) in [5, 5.41) is 0. The second-order valence-electron chi connectivity index (χ2n) is 7.76. The van der Waals surface area contributed by atoms with Crippen molar-refractivity contribution in [3.05, 3.63) is 70.8 Å². The SMILES string of the molecule is CCCC[C@H]1CN(Cc2ccccc2)CCN1C(=O)c1cccc(C)c1C. The Hall–Kier alpha value is -2.13. The lowest BCUT2D eigenvalue weighted by atomic mass is 9.99. The molecule has 3 nitrogen and oxygen atoms in total. The molecule has 1 saturated heterocycles. The zero-order valence-corrected chi connectivity index (χ0v) is 16.9. The average molecular weight is 365 g/mol. The maximum Gasteiger partial charge on any atom is 0.254 e. The van der Waals surface area contributed by atoms with Crippen LogP contribution in [0.25, 0.3) is 0 Å². The Labute approximate surface area is 164 Å². The highest BCUT2D eigenvalue weighted by Crippen LogP contribution is 2.22. The van der Waals surface area contributed by atoms with E-state index >= 15 is 0 Å². The molecule has 3 heteroatoms. The molecule has 3 rings (SSSR count). The first-order valence-corrected chi connectivity index (χ1v) is 10.2. The zero-order chi connectivity index (χ0) is 19.2. The van der Waals surface area contributed by atoms with Crippen LogP contribution in [0.2, 0.25) is 0 Å². The van der Waals surface area contributed by atoms with Gasteiger partial charge in [0.2, 0.25) is 0 Å². The van der Waals surface area contributed by atoms with Crippen molar-refractivity contribution in [2.24, 2.45) is 0 Å². The van der Waals surface area contributed by atoms with E-state index in [4.69, 9.17) is 0 Å². The molecule has 1 atom stereocenters. The van der Waals surface area contributed by atoms with Crippen LogP contribution >= 0.6 is 0 Å². The largest absolute Gasteiger partial charge is 0.333 e. The summed E-state index contributed by atoms with van der Waals surface area (Å²) in [5.41, 5.74) is 4.52. The molecule has 0 unspecified atom stereocenters. The summed E-state index contributed by atoms with van der Waals surface area (Å²) in [5.74, 6) is 0.205. The van der Waals surface area contributed by atoms with Crippen molar-refractivity contribution in [1.29, 1.82) is 0 Å². The third-order valence-corrected chi connectivity index (χ3v) is 5.80. The summed E-state index contributed by atoms with van der Waals surface area (Å²) in [4.78, 5) is 18.0. The van der Waals surface area contributed by atoms with Gasteiger partial charge in [0.25, 0.3) is 5.91 Å². The number of carbonyl (C=O) groups is 1. The molecule has 1 heterocycles. The molecule has 0 radical (unpaired) electrons. The zero-order valence-electron chi connectivity index (χ0n) is 16.9. The van der Waals surface area contributed by atoms with E-state index in [1.807, 2.05) is 12.1 Å². The molecule has 0 aliphatic carbocycles. The molecule has 2 aromatic rings. The molecule has 144 valence electrons. The van der Waals surface area contributed by atoms with Gasteiger partial charge in [-0.1, -0.05) is 62.2 Å². The van der Waals surface area contributed by atoms with Crippen LogP contribution < -0.4 is 0 Å². The number of nitrogens with zero attached hydrogens (tertiary/aromatic N) is 2. The average Bonchev–Trinajstić information content (AvgIpc) is 2.69. The van der Waals surface area contributed by atoms with Gasteiger partial charge in [-0.25, -0.2) is 0 Å². The fourth-order valence-corrected chi connectivity index (χ4v) is 4.00. The van der Waals surface area contributed by atoms with Gasteiger partial charge in [0.15, 0.2) is 0 Å². The summed E-state index contributed by atoms with van der Waals surface area (Å²) in [6.45, 7) is 10.1. The van der Waals surface area contributed by atoms with Gasteiger partial charge < -0.3 is 4.90 Å². The van der Waals surface area contributed by atoms with E-state index in [1.54, 1.807) is 0 Å². The molecule has 0 N–H and O–H groups in total. The Kier molecular flexibility index (Phi) is 6.68. The first kappa shape index (κ1) is 19.6. The van der Waals surface area contributed by atoms with Gasteiger partial charge in [-0.05, 0) is 43.0 Å². The number of aryl methyl sites for hydroxylation is 1. The lowest BCUT2D eigenvalue weighted by Gasteiger charge is -2.42. The molecule has 2 aromatic carbocycles. The van der Waals surface area contributed by atoms with Gasteiger partial charge in [-0.2, -0.15) is 0 Å². The van der Waals surface area contributed by atoms with Gasteiger partial charge in [0.05, 0.1) is 0 Å². The molecule has 0 saturated carbocycles. The molecule has 1 amide bonds. The first-order valence-electron chi connectivity index (χ1n) is 10.2. The van der Waals surface area contributed by atoms with Crippen molar-refractivity contribution >= 4 is 5.91 Å². The van der Waals surface area contributed by atoms with Gasteiger partial charge >= 0.3 is 0 Å². The van der Waals surface area contributed by atoms with E-state index < -0.39 is 0 Å². The second kappa shape index (κ2) is 9.18. The van der Waals surface area contributed by atoms with Crippen molar-refractivity contribution in [1.82, 2.24) is 9.80 Å². The van der Waals surface area contributed by atoms with Crippen LogP contribution in [0.3, 0.4) is 0 Å². The van der Waals surface area contributed by atoms with Crippen molar-refractivity contribution in [3.63, 3.8) is 0 Å². The molecular formula is C24H32N2O. The van der Waals surface area contributed by atoms with E-state index in [9.17, 15) is 4.79 Å². The van der Waals surface area contributed by atoms with Crippen molar-refractivity contribution in [2.75, 3.05) is 19.6 Å². The molecule has 0 aromatic heterocycles. The number of carbonyl (C=O) groups excluding carboxylic acids is 1. The topological polar surface area (TPSA) is 23.6 Å². The van der Waals surface area contributed by atoms with Crippen LogP contribution in [0.5, 0.6) is 0 Å². The lowest BCUT2D eigenvalue weighted by molar-refractivity contribution is 0.0414. The third-order valence-electron chi connectivity index (χ3n) is 5.80. The smallest absolute Gasteiger partial charge is 0.254 e. The molecular weight excluding hydrogens is 332 g/mol. The highest BCUT2D eigenvalue weighted by molar-refractivity contribution is 5.96.